The highest BCUT2D eigenvalue weighted by atomic mass is 16.5. The number of amides is 1. The average Bonchev–Trinajstić information content (AvgIpc) is 3.20. The summed E-state index contributed by atoms with van der Waals surface area (Å²) in [5.41, 5.74) is 1.34. The maximum atomic E-state index is 13.3. The van der Waals surface area contributed by atoms with Gasteiger partial charge in [0, 0.05) is 56.5 Å². The summed E-state index contributed by atoms with van der Waals surface area (Å²) in [7, 11) is 0. The fraction of sp³-hybridized carbons (Fsp3) is 0.316. The third-order valence-electron chi connectivity index (χ3n) is 4.65. The molecule has 9 nitrogen and oxygen atoms in total. The van der Waals surface area contributed by atoms with Gasteiger partial charge in [0.25, 0.3) is 5.91 Å². The summed E-state index contributed by atoms with van der Waals surface area (Å²) in [5.74, 6) is 0.600. The number of aliphatic hydroxyl groups is 1. The molecule has 0 aromatic carbocycles. The van der Waals surface area contributed by atoms with Gasteiger partial charge in [0.05, 0.1) is 0 Å². The molecule has 1 atom stereocenters. The number of aromatic nitrogens is 4. The van der Waals surface area contributed by atoms with Crippen LogP contribution < -0.4 is 4.90 Å². The van der Waals surface area contributed by atoms with Crippen LogP contribution in [-0.4, -0.2) is 62.2 Å². The number of carbonyl (C=O) groups excluding carboxylic acids is 1. The zero-order valence-corrected chi connectivity index (χ0v) is 15.4. The first-order valence-corrected chi connectivity index (χ1v) is 9.04. The molecule has 0 radical (unpaired) electrons. The van der Waals surface area contributed by atoms with Gasteiger partial charge in [-0.3, -0.25) is 9.78 Å². The molecule has 144 valence electrons. The Labute approximate surface area is 161 Å². The van der Waals surface area contributed by atoms with Gasteiger partial charge in [-0.2, -0.15) is 0 Å². The summed E-state index contributed by atoms with van der Waals surface area (Å²) in [6.07, 6.45) is 5.71. The molecule has 1 fully saturated rings. The van der Waals surface area contributed by atoms with Crippen molar-refractivity contribution in [1.29, 1.82) is 0 Å². The van der Waals surface area contributed by atoms with E-state index in [1.807, 2.05) is 4.90 Å². The van der Waals surface area contributed by atoms with Crippen molar-refractivity contribution in [3.63, 3.8) is 0 Å². The lowest BCUT2D eigenvalue weighted by molar-refractivity contribution is 0.0735. The van der Waals surface area contributed by atoms with Crippen LogP contribution in [0, 0.1) is 0 Å². The molecule has 4 heterocycles. The largest absolute Gasteiger partial charge is 0.385 e. The van der Waals surface area contributed by atoms with Gasteiger partial charge in [-0.15, -0.1) is 0 Å². The summed E-state index contributed by atoms with van der Waals surface area (Å²) in [6.45, 7) is 3.80. The lowest BCUT2D eigenvalue weighted by atomic mass is 10.0. The van der Waals surface area contributed by atoms with Crippen molar-refractivity contribution in [3.05, 3.63) is 54.3 Å². The molecule has 1 aliphatic heterocycles. The quantitative estimate of drug-likeness (QED) is 0.726. The van der Waals surface area contributed by atoms with Gasteiger partial charge in [0.2, 0.25) is 5.95 Å². The number of anilines is 1. The normalized spacial score (nSPS) is 15.5. The first kappa shape index (κ1) is 18.1. The van der Waals surface area contributed by atoms with Gasteiger partial charge in [0.1, 0.15) is 17.4 Å². The summed E-state index contributed by atoms with van der Waals surface area (Å²) in [6, 6.07) is 5.34. The number of nitrogens with zero attached hydrogens (tertiary/aromatic N) is 6. The van der Waals surface area contributed by atoms with E-state index in [-0.39, 0.29) is 17.2 Å². The summed E-state index contributed by atoms with van der Waals surface area (Å²) in [4.78, 5) is 29.6. The Hall–Kier alpha value is -3.33. The number of aliphatic hydroxyl groups excluding tert-OH is 1. The van der Waals surface area contributed by atoms with Gasteiger partial charge in [0.15, 0.2) is 5.76 Å². The van der Waals surface area contributed by atoms with E-state index in [0.29, 0.717) is 43.4 Å². The minimum Gasteiger partial charge on any atom is -0.385 e. The fourth-order valence-corrected chi connectivity index (χ4v) is 3.22. The fourth-order valence-electron chi connectivity index (χ4n) is 3.22. The standard InChI is InChI=1S/C19H20N6O3/c1-13(26)17-15(16(23-28-17)14-4-2-5-20-12-14)18(27)24-8-10-25(11-9-24)19-21-6-3-7-22-19/h2-7,12-13,26H,8-11H2,1H3. The lowest BCUT2D eigenvalue weighted by Gasteiger charge is -2.34. The zero-order valence-electron chi connectivity index (χ0n) is 15.4. The number of piperazine rings is 1. The maximum Gasteiger partial charge on any atom is 0.259 e. The third-order valence-corrected chi connectivity index (χ3v) is 4.65. The van der Waals surface area contributed by atoms with Crippen molar-refractivity contribution < 1.29 is 14.4 Å². The minimum atomic E-state index is -0.948. The van der Waals surface area contributed by atoms with E-state index < -0.39 is 6.10 Å². The molecule has 1 unspecified atom stereocenters. The van der Waals surface area contributed by atoms with E-state index in [0.717, 1.165) is 0 Å². The number of hydrogen-bond donors (Lipinski definition) is 1. The topological polar surface area (TPSA) is 108 Å². The molecule has 0 spiro atoms. The van der Waals surface area contributed by atoms with Crippen LogP contribution in [0.15, 0.2) is 47.5 Å². The third kappa shape index (κ3) is 3.44. The van der Waals surface area contributed by atoms with E-state index in [9.17, 15) is 9.90 Å². The number of hydrogen-bond acceptors (Lipinski definition) is 8. The van der Waals surface area contributed by atoms with E-state index in [4.69, 9.17) is 4.52 Å². The SMILES string of the molecule is CC(O)c1onc(-c2cccnc2)c1C(=O)N1CCN(c2ncccn2)CC1. The first-order chi connectivity index (χ1) is 13.6. The Morgan fingerprint density at radius 3 is 2.54 bits per heavy atom. The zero-order chi connectivity index (χ0) is 19.5. The van der Waals surface area contributed by atoms with E-state index in [2.05, 4.69) is 20.1 Å². The number of carbonyl (C=O) groups is 1. The van der Waals surface area contributed by atoms with Crippen LogP contribution in [0.1, 0.15) is 29.1 Å². The Kier molecular flexibility index (Phi) is 4.98. The Morgan fingerprint density at radius 2 is 1.89 bits per heavy atom. The minimum absolute atomic E-state index is 0.165. The van der Waals surface area contributed by atoms with Crippen molar-refractivity contribution in [1.82, 2.24) is 25.0 Å². The number of pyridine rings is 1. The Morgan fingerprint density at radius 1 is 1.14 bits per heavy atom. The Balaban J connectivity index is 1.58. The summed E-state index contributed by atoms with van der Waals surface area (Å²) < 4.78 is 5.31. The van der Waals surface area contributed by atoms with Crippen molar-refractivity contribution in [3.8, 4) is 11.3 Å². The smallest absolute Gasteiger partial charge is 0.259 e. The molecule has 1 saturated heterocycles. The molecule has 4 rings (SSSR count). The highest BCUT2D eigenvalue weighted by molar-refractivity contribution is 6.01. The second-order valence-corrected chi connectivity index (χ2v) is 6.52. The van der Waals surface area contributed by atoms with Crippen LogP contribution in [0.2, 0.25) is 0 Å². The summed E-state index contributed by atoms with van der Waals surface area (Å²) >= 11 is 0. The molecule has 1 aliphatic rings. The van der Waals surface area contributed by atoms with E-state index in [1.165, 1.54) is 0 Å². The predicted octanol–water partition coefficient (Wildman–Crippen LogP) is 1.54. The van der Waals surface area contributed by atoms with E-state index in [1.54, 1.807) is 54.8 Å². The van der Waals surface area contributed by atoms with Crippen LogP contribution in [0.25, 0.3) is 11.3 Å². The van der Waals surface area contributed by atoms with Crippen molar-refractivity contribution in [2.45, 2.75) is 13.0 Å². The molecular weight excluding hydrogens is 360 g/mol. The maximum absolute atomic E-state index is 13.3. The van der Waals surface area contributed by atoms with Crippen molar-refractivity contribution >= 4 is 11.9 Å². The first-order valence-electron chi connectivity index (χ1n) is 9.04. The monoisotopic (exact) mass is 380 g/mol. The molecule has 0 bridgehead atoms. The van der Waals surface area contributed by atoms with Gasteiger partial charge in [-0.25, -0.2) is 9.97 Å². The molecule has 1 N–H and O–H groups in total. The molecule has 9 heteroatoms. The van der Waals surface area contributed by atoms with Crippen molar-refractivity contribution in [2.24, 2.45) is 0 Å². The molecule has 0 saturated carbocycles. The van der Waals surface area contributed by atoms with Crippen LogP contribution in [0.3, 0.4) is 0 Å². The van der Waals surface area contributed by atoms with Crippen LogP contribution in [0.4, 0.5) is 5.95 Å². The van der Waals surface area contributed by atoms with Crippen LogP contribution >= 0.6 is 0 Å². The average molecular weight is 380 g/mol. The highest BCUT2D eigenvalue weighted by Crippen LogP contribution is 2.30. The van der Waals surface area contributed by atoms with Gasteiger partial charge in [-0.05, 0) is 25.1 Å². The molecular formula is C19H20N6O3. The molecule has 1 amide bonds. The molecule has 0 aliphatic carbocycles. The molecule has 28 heavy (non-hydrogen) atoms. The second kappa shape index (κ2) is 7.73. The molecule has 3 aromatic rings. The summed E-state index contributed by atoms with van der Waals surface area (Å²) in [5, 5.41) is 14.1. The van der Waals surface area contributed by atoms with E-state index >= 15 is 0 Å². The van der Waals surface area contributed by atoms with Crippen molar-refractivity contribution in [2.75, 3.05) is 31.1 Å². The second-order valence-electron chi connectivity index (χ2n) is 6.52. The van der Waals surface area contributed by atoms with Gasteiger partial charge < -0.3 is 19.4 Å². The Bertz CT molecular complexity index is 937. The predicted molar refractivity (Wildman–Crippen MR) is 101 cm³/mol. The van der Waals surface area contributed by atoms with Gasteiger partial charge in [-0.1, -0.05) is 5.16 Å². The van der Waals surface area contributed by atoms with Crippen LogP contribution in [0.5, 0.6) is 0 Å². The highest BCUT2D eigenvalue weighted by Gasteiger charge is 2.32. The lowest BCUT2D eigenvalue weighted by Crippen LogP contribution is -2.49. The van der Waals surface area contributed by atoms with Crippen LogP contribution in [-0.2, 0) is 0 Å². The molecule has 3 aromatic heterocycles. The van der Waals surface area contributed by atoms with Gasteiger partial charge >= 0.3 is 0 Å². The number of rotatable bonds is 4.